The lowest BCUT2D eigenvalue weighted by Crippen LogP contribution is -2.16. The average Bonchev–Trinajstić information content (AvgIpc) is 2.51. The Labute approximate surface area is 91.0 Å². The molecule has 3 heteroatoms. The van der Waals surface area contributed by atoms with Crippen molar-refractivity contribution >= 4 is 6.29 Å². The lowest BCUT2D eigenvalue weighted by molar-refractivity contribution is 0.112. The highest BCUT2D eigenvalue weighted by molar-refractivity contribution is 5.77. The molecule has 0 N–H and O–H groups in total. The molecule has 0 aromatic carbocycles. The molecule has 0 saturated heterocycles. The topological polar surface area (TPSA) is 31.2 Å². The Balaban J connectivity index is 3.10. The third-order valence-corrected chi connectivity index (χ3v) is 2.85. The minimum Gasteiger partial charge on any atom is -0.383 e. The molecule has 15 heavy (non-hydrogen) atoms. The van der Waals surface area contributed by atoms with Gasteiger partial charge in [-0.3, -0.25) is 4.79 Å². The SMILES string of the molecule is CCC(COC)n1c(C)cc(C=O)c1C. The zero-order chi connectivity index (χ0) is 11.4. The smallest absolute Gasteiger partial charge is 0.151 e. The van der Waals surface area contributed by atoms with E-state index >= 15 is 0 Å². The molecule has 84 valence electrons. The zero-order valence-electron chi connectivity index (χ0n) is 9.91. The second-order valence-electron chi connectivity index (χ2n) is 3.83. The van der Waals surface area contributed by atoms with Crippen LogP contribution in [0.15, 0.2) is 6.07 Å². The van der Waals surface area contributed by atoms with Crippen molar-refractivity contribution in [2.75, 3.05) is 13.7 Å². The van der Waals surface area contributed by atoms with Crippen LogP contribution in [0.4, 0.5) is 0 Å². The van der Waals surface area contributed by atoms with E-state index in [1.165, 1.54) is 0 Å². The molecule has 1 aromatic heterocycles. The maximum absolute atomic E-state index is 10.8. The van der Waals surface area contributed by atoms with Crippen LogP contribution in [0.25, 0.3) is 0 Å². The predicted molar refractivity (Wildman–Crippen MR) is 60.5 cm³/mol. The fourth-order valence-electron chi connectivity index (χ4n) is 2.05. The molecule has 0 fully saturated rings. The Morgan fingerprint density at radius 3 is 2.60 bits per heavy atom. The normalized spacial score (nSPS) is 12.8. The fourth-order valence-corrected chi connectivity index (χ4v) is 2.05. The average molecular weight is 209 g/mol. The van der Waals surface area contributed by atoms with Crippen LogP contribution >= 0.6 is 0 Å². The van der Waals surface area contributed by atoms with Gasteiger partial charge in [0, 0.05) is 24.1 Å². The summed E-state index contributed by atoms with van der Waals surface area (Å²) < 4.78 is 7.38. The number of aryl methyl sites for hydroxylation is 1. The molecule has 1 rings (SSSR count). The van der Waals surface area contributed by atoms with Crippen LogP contribution in [0.5, 0.6) is 0 Å². The van der Waals surface area contributed by atoms with Gasteiger partial charge in [0.25, 0.3) is 0 Å². The van der Waals surface area contributed by atoms with Crippen molar-refractivity contribution in [2.24, 2.45) is 0 Å². The van der Waals surface area contributed by atoms with Crippen molar-refractivity contribution in [1.29, 1.82) is 0 Å². The third-order valence-electron chi connectivity index (χ3n) is 2.85. The van der Waals surface area contributed by atoms with E-state index in [-0.39, 0.29) is 0 Å². The first-order valence-corrected chi connectivity index (χ1v) is 5.28. The van der Waals surface area contributed by atoms with Gasteiger partial charge in [-0.15, -0.1) is 0 Å². The summed E-state index contributed by atoms with van der Waals surface area (Å²) >= 11 is 0. The highest BCUT2D eigenvalue weighted by Crippen LogP contribution is 2.21. The van der Waals surface area contributed by atoms with Crippen LogP contribution < -0.4 is 0 Å². The first-order chi connectivity index (χ1) is 7.15. The number of ether oxygens (including phenoxy) is 1. The number of hydrogen-bond acceptors (Lipinski definition) is 2. The molecule has 3 nitrogen and oxygen atoms in total. The van der Waals surface area contributed by atoms with Crippen LogP contribution in [0.3, 0.4) is 0 Å². The molecule has 0 bridgehead atoms. The van der Waals surface area contributed by atoms with Gasteiger partial charge < -0.3 is 9.30 Å². The molecular formula is C12H19NO2. The number of hydrogen-bond donors (Lipinski definition) is 0. The van der Waals surface area contributed by atoms with Crippen LogP contribution in [0.2, 0.25) is 0 Å². The minimum absolute atomic E-state index is 0.323. The summed E-state index contributed by atoms with van der Waals surface area (Å²) in [6.45, 7) is 6.82. The summed E-state index contributed by atoms with van der Waals surface area (Å²) in [6, 6.07) is 2.25. The van der Waals surface area contributed by atoms with Gasteiger partial charge in [-0.25, -0.2) is 0 Å². The van der Waals surface area contributed by atoms with Crippen molar-refractivity contribution in [1.82, 2.24) is 4.57 Å². The maximum Gasteiger partial charge on any atom is 0.151 e. The van der Waals surface area contributed by atoms with Gasteiger partial charge in [-0.1, -0.05) is 6.92 Å². The molecule has 1 aromatic rings. The fraction of sp³-hybridized carbons (Fsp3) is 0.583. The standard InChI is InChI=1S/C12H19NO2/c1-5-12(8-15-4)13-9(2)6-11(7-14)10(13)3/h6-7,12H,5,8H2,1-4H3. The van der Waals surface area contributed by atoms with Crippen molar-refractivity contribution in [3.05, 3.63) is 23.0 Å². The molecule has 1 atom stereocenters. The maximum atomic E-state index is 10.8. The first kappa shape index (κ1) is 12.0. The van der Waals surface area contributed by atoms with E-state index in [0.717, 1.165) is 29.7 Å². The zero-order valence-corrected chi connectivity index (χ0v) is 9.91. The van der Waals surface area contributed by atoms with Crippen LogP contribution in [0, 0.1) is 13.8 Å². The van der Waals surface area contributed by atoms with Gasteiger partial charge in [0.15, 0.2) is 6.29 Å². The van der Waals surface area contributed by atoms with Crippen molar-refractivity contribution in [3.63, 3.8) is 0 Å². The van der Waals surface area contributed by atoms with E-state index in [1.807, 2.05) is 19.9 Å². The van der Waals surface area contributed by atoms with E-state index in [0.29, 0.717) is 12.6 Å². The van der Waals surface area contributed by atoms with Gasteiger partial charge in [0.2, 0.25) is 0 Å². The minimum atomic E-state index is 0.323. The predicted octanol–water partition coefficient (Wildman–Crippen LogP) is 2.51. The van der Waals surface area contributed by atoms with Crippen LogP contribution in [0.1, 0.15) is 41.1 Å². The van der Waals surface area contributed by atoms with Gasteiger partial charge in [0.05, 0.1) is 12.6 Å². The first-order valence-electron chi connectivity index (χ1n) is 5.28. The van der Waals surface area contributed by atoms with E-state index in [9.17, 15) is 4.79 Å². The molecule has 1 heterocycles. The van der Waals surface area contributed by atoms with E-state index in [4.69, 9.17) is 4.74 Å². The van der Waals surface area contributed by atoms with Crippen LogP contribution in [-0.2, 0) is 4.74 Å². The largest absolute Gasteiger partial charge is 0.383 e. The lowest BCUT2D eigenvalue weighted by atomic mass is 10.2. The summed E-state index contributed by atoms with van der Waals surface area (Å²) in [6.07, 6.45) is 1.92. The second-order valence-corrected chi connectivity index (χ2v) is 3.83. The van der Waals surface area contributed by atoms with E-state index in [1.54, 1.807) is 7.11 Å². The number of carbonyl (C=O) groups excluding carboxylic acids is 1. The summed E-state index contributed by atoms with van der Waals surface area (Å²) in [5.74, 6) is 0. The molecular weight excluding hydrogens is 190 g/mol. The van der Waals surface area contributed by atoms with Crippen LogP contribution in [-0.4, -0.2) is 24.6 Å². The van der Waals surface area contributed by atoms with Crippen molar-refractivity contribution < 1.29 is 9.53 Å². The number of rotatable bonds is 5. The number of methoxy groups -OCH3 is 1. The number of nitrogens with zero attached hydrogens (tertiary/aromatic N) is 1. The summed E-state index contributed by atoms with van der Waals surface area (Å²) in [4.78, 5) is 10.8. The third kappa shape index (κ3) is 2.29. The molecule has 0 radical (unpaired) electrons. The monoisotopic (exact) mass is 209 g/mol. The van der Waals surface area contributed by atoms with Gasteiger partial charge in [-0.2, -0.15) is 0 Å². The van der Waals surface area contributed by atoms with Gasteiger partial charge >= 0.3 is 0 Å². The molecule has 0 aliphatic heterocycles. The van der Waals surface area contributed by atoms with Gasteiger partial charge in [-0.05, 0) is 26.3 Å². The Morgan fingerprint density at radius 2 is 2.20 bits per heavy atom. The Hall–Kier alpha value is -1.09. The number of carbonyl (C=O) groups is 1. The van der Waals surface area contributed by atoms with E-state index < -0.39 is 0 Å². The molecule has 0 aliphatic carbocycles. The Morgan fingerprint density at radius 1 is 1.53 bits per heavy atom. The lowest BCUT2D eigenvalue weighted by Gasteiger charge is -2.20. The molecule has 0 saturated carbocycles. The summed E-state index contributed by atoms with van der Waals surface area (Å²) in [7, 11) is 1.71. The summed E-state index contributed by atoms with van der Waals surface area (Å²) in [5.41, 5.74) is 2.94. The quantitative estimate of drug-likeness (QED) is 0.698. The number of aldehydes is 1. The molecule has 0 aliphatic rings. The second kappa shape index (κ2) is 5.12. The highest BCUT2D eigenvalue weighted by Gasteiger charge is 2.15. The number of aromatic nitrogens is 1. The Bertz CT molecular complexity index is 342. The highest BCUT2D eigenvalue weighted by atomic mass is 16.5. The molecule has 0 amide bonds. The molecule has 0 spiro atoms. The van der Waals surface area contributed by atoms with Gasteiger partial charge in [0.1, 0.15) is 0 Å². The summed E-state index contributed by atoms with van der Waals surface area (Å²) in [5, 5.41) is 0. The van der Waals surface area contributed by atoms with E-state index in [2.05, 4.69) is 11.5 Å². The molecule has 1 unspecified atom stereocenters. The van der Waals surface area contributed by atoms with Crippen molar-refractivity contribution in [3.8, 4) is 0 Å². The van der Waals surface area contributed by atoms with Crippen molar-refractivity contribution in [2.45, 2.75) is 33.2 Å². The Kier molecular flexibility index (Phi) is 4.09.